The molecule has 0 unspecified atom stereocenters. The Hall–Kier alpha value is -3.81. The van der Waals surface area contributed by atoms with Gasteiger partial charge in [0, 0.05) is 11.9 Å². The van der Waals surface area contributed by atoms with Crippen molar-refractivity contribution in [1.82, 2.24) is 19.7 Å². The number of nitrogens with zero attached hydrogens (tertiary/aromatic N) is 3. The molecule has 0 aliphatic heterocycles. The fourth-order valence-corrected chi connectivity index (χ4v) is 3.41. The Morgan fingerprint density at radius 2 is 1.74 bits per heavy atom. The van der Waals surface area contributed by atoms with Crippen LogP contribution in [0.15, 0.2) is 58.1 Å². The molecule has 0 bridgehead atoms. The molecule has 31 heavy (non-hydrogen) atoms. The molecule has 8 heteroatoms. The van der Waals surface area contributed by atoms with Crippen molar-refractivity contribution in [2.24, 2.45) is 0 Å². The number of carbonyl (C=O) groups excluding carboxylic acids is 1. The van der Waals surface area contributed by atoms with E-state index in [1.807, 2.05) is 6.92 Å². The number of aryl methyl sites for hydroxylation is 1. The van der Waals surface area contributed by atoms with E-state index in [2.05, 4.69) is 15.1 Å². The van der Waals surface area contributed by atoms with Gasteiger partial charge in [-0.05, 0) is 31.5 Å². The lowest BCUT2D eigenvalue weighted by Gasteiger charge is -2.15. The molecule has 0 saturated heterocycles. The van der Waals surface area contributed by atoms with Gasteiger partial charge in [-0.2, -0.15) is 5.10 Å². The van der Waals surface area contributed by atoms with E-state index in [9.17, 15) is 14.4 Å². The summed E-state index contributed by atoms with van der Waals surface area (Å²) in [7, 11) is 0. The van der Waals surface area contributed by atoms with Gasteiger partial charge in [-0.1, -0.05) is 43.7 Å². The third kappa shape index (κ3) is 3.96. The minimum absolute atomic E-state index is 0.0567. The number of nitrogens with one attached hydrogen (secondary N) is 1. The van der Waals surface area contributed by atoms with Crippen LogP contribution in [0.4, 0.5) is 0 Å². The molecule has 4 aromatic rings. The standard InChI is InChI=1S/C23H22N4O4/c1-3-4-13-27-22(29)16-10-6-5-9-15(16)19(26-27)23(30)31-14(2)20-24-18-12-8-7-11-17(18)21(28)25-20/h5-12,14H,3-4,13H2,1-2H3,(H,24,25,28)/t14-/m0/s1. The van der Waals surface area contributed by atoms with E-state index in [4.69, 9.17) is 4.74 Å². The van der Waals surface area contributed by atoms with E-state index in [1.54, 1.807) is 55.5 Å². The molecular weight excluding hydrogens is 396 g/mol. The monoisotopic (exact) mass is 418 g/mol. The highest BCUT2D eigenvalue weighted by Crippen LogP contribution is 2.19. The number of aromatic amines is 1. The van der Waals surface area contributed by atoms with E-state index in [0.717, 1.165) is 12.8 Å². The maximum absolute atomic E-state index is 13.0. The molecule has 2 aromatic carbocycles. The summed E-state index contributed by atoms with van der Waals surface area (Å²) in [5.41, 5.74) is 0.0245. The quantitative estimate of drug-likeness (QED) is 0.481. The van der Waals surface area contributed by atoms with Crippen LogP contribution in [0.2, 0.25) is 0 Å². The molecule has 0 aliphatic rings. The van der Waals surface area contributed by atoms with Crippen molar-refractivity contribution >= 4 is 27.6 Å². The smallest absolute Gasteiger partial charge is 0.360 e. The topological polar surface area (TPSA) is 107 Å². The Labute approximate surface area is 177 Å². The lowest BCUT2D eigenvalue weighted by molar-refractivity contribution is 0.0312. The Morgan fingerprint density at radius 3 is 2.48 bits per heavy atom. The molecule has 158 valence electrons. The molecule has 0 amide bonds. The molecule has 0 radical (unpaired) electrons. The number of hydrogen-bond donors (Lipinski definition) is 1. The highest BCUT2D eigenvalue weighted by molar-refractivity contribution is 6.02. The SMILES string of the molecule is CCCCn1nc(C(=O)O[C@@H](C)c2nc3ccccc3c(=O)[nH]2)c2ccccc2c1=O. The van der Waals surface area contributed by atoms with Crippen molar-refractivity contribution < 1.29 is 9.53 Å². The molecule has 0 aliphatic carbocycles. The van der Waals surface area contributed by atoms with Gasteiger partial charge in [0.1, 0.15) is 0 Å². The molecule has 0 fully saturated rings. The average Bonchev–Trinajstić information content (AvgIpc) is 2.78. The van der Waals surface area contributed by atoms with E-state index in [1.165, 1.54) is 4.68 Å². The first kappa shape index (κ1) is 20.5. The second kappa shape index (κ2) is 8.51. The van der Waals surface area contributed by atoms with Crippen LogP contribution in [0.5, 0.6) is 0 Å². The van der Waals surface area contributed by atoms with Crippen LogP contribution in [-0.2, 0) is 11.3 Å². The fraction of sp³-hybridized carbons (Fsp3) is 0.261. The van der Waals surface area contributed by atoms with Crippen molar-refractivity contribution in [2.75, 3.05) is 0 Å². The zero-order chi connectivity index (χ0) is 22.0. The molecule has 8 nitrogen and oxygen atoms in total. The molecule has 1 N–H and O–H groups in total. The van der Waals surface area contributed by atoms with Gasteiger partial charge in [-0.3, -0.25) is 9.59 Å². The van der Waals surface area contributed by atoms with Crippen LogP contribution >= 0.6 is 0 Å². The summed E-state index contributed by atoms with van der Waals surface area (Å²) in [6.07, 6.45) is 0.832. The summed E-state index contributed by atoms with van der Waals surface area (Å²) in [6.45, 7) is 4.05. The average molecular weight is 418 g/mol. The largest absolute Gasteiger partial charge is 0.450 e. The maximum Gasteiger partial charge on any atom is 0.360 e. The first-order chi connectivity index (χ1) is 15.0. The van der Waals surface area contributed by atoms with Crippen molar-refractivity contribution in [2.45, 2.75) is 39.3 Å². The summed E-state index contributed by atoms with van der Waals surface area (Å²) < 4.78 is 6.89. The molecule has 1 atom stereocenters. The van der Waals surface area contributed by atoms with E-state index < -0.39 is 12.1 Å². The number of hydrogen-bond acceptors (Lipinski definition) is 6. The van der Waals surface area contributed by atoms with Crippen molar-refractivity contribution in [3.63, 3.8) is 0 Å². The molecule has 0 spiro atoms. The number of benzene rings is 2. The molecule has 4 rings (SSSR count). The summed E-state index contributed by atoms with van der Waals surface area (Å²) in [4.78, 5) is 45.1. The predicted octanol–water partition coefficient (Wildman–Crippen LogP) is 3.35. The van der Waals surface area contributed by atoms with Gasteiger partial charge in [-0.15, -0.1) is 0 Å². The Morgan fingerprint density at radius 1 is 1.06 bits per heavy atom. The number of esters is 1. The third-order valence-electron chi connectivity index (χ3n) is 5.08. The van der Waals surface area contributed by atoms with Gasteiger partial charge in [0.05, 0.1) is 16.3 Å². The van der Waals surface area contributed by atoms with E-state index in [0.29, 0.717) is 28.2 Å². The lowest BCUT2D eigenvalue weighted by Crippen LogP contribution is -2.27. The number of unbranched alkanes of at least 4 members (excludes halogenated alkanes) is 1. The minimum Gasteiger partial charge on any atom is -0.450 e. The summed E-state index contributed by atoms with van der Waals surface area (Å²) in [6, 6.07) is 13.8. The van der Waals surface area contributed by atoms with Crippen molar-refractivity contribution in [1.29, 1.82) is 0 Å². The molecule has 2 aromatic heterocycles. The van der Waals surface area contributed by atoms with Gasteiger partial charge in [0.15, 0.2) is 17.6 Å². The van der Waals surface area contributed by atoms with Crippen LogP contribution < -0.4 is 11.1 Å². The maximum atomic E-state index is 13.0. The number of carbonyl (C=O) groups is 1. The van der Waals surface area contributed by atoms with E-state index >= 15 is 0 Å². The number of aromatic nitrogens is 4. The number of ether oxygens (including phenoxy) is 1. The lowest BCUT2D eigenvalue weighted by atomic mass is 10.1. The zero-order valence-electron chi connectivity index (χ0n) is 17.3. The Bertz CT molecular complexity index is 1390. The predicted molar refractivity (Wildman–Crippen MR) is 117 cm³/mol. The van der Waals surface area contributed by atoms with Gasteiger partial charge in [0.2, 0.25) is 0 Å². The third-order valence-corrected chi connectivity index (χ3v) is 5.08. The highest BCUT2D eigenvalue weighted by atomic mass is 16.5. The summed E-state index contributed by atoms with van der Waals surface area (Å²) in [5, 5.41) is 5.58. The van der Waals surface area contributed by atoms with Crippen molar-refractivity contribution in [3.05, 3.63) is 80.8 Å². The fourth-order valence-electron chi connectivity index (χ4n) is 3.41. The second-order valence-electron chi connectivity index (χ2n) is 7.29. The van der Waals surface area contributed by atoms with Crippen LogP contribution in [0.25, 0.3) is 21.7 Å². The van der Waals surface area contributed by atoms with Gasteiger partial charge in [-0.25, -0.2) is 14.5 Å². The first-order valence-corrected chi connectivity index (χ1v) is 10.2. The molecule has 0 saturated carbocycles. The Kier molecular flexibility index (Phi) is 5.62. The Balaban J connectivity index is 1.70. The van der Waals surface area contributed by atoms with Gasteiger partial charge >= 0.3 is 5.97 Å². The van der Waals surface area contributed by atoms with Gasteiger partial charge < -0.3 is 9.72 Å². The number of para-hydroxylation sites is 1. The number of H-pyrrole nitrogens is 1. The van der Waals surface area contributed by atoms with Crippen molar-refractivity contribution in [3.8, 4) is 0 Å². The second-order valence-corrected chi connectivity index (χ2v) is 7.29. The number of fused-ring (bicyclic) bond motifs is 2. The number of rotatable bonds is 6. The summed E-state index contributed by atoms with van der Waals surface area (Å²) >= 11 is 0. The van der Waals surface area contributed by atoms with E-state index in [-0.39, 0.29) is 22.6 Å². The highest BCUT2D eigenvalue weighted by Gasteiger charge is 2.22. The molecular formula is C23H22N4O4. The zero-order valence-corrected chi connectivity index (χ0v) is 17.3. The summed E-state index contributed by atoms with van der Waals surface area (Å²) in [5.74, 6) is -0.453. The minimum atomic E-state index is -0.818. The van der Waals surface area contributed by atoms with Crippen LogP contribution in [-0.4, -0.2) is 25.7 Å². The van der Waals surface area contributed by atoms with Crippen LogP contribution in [0, 0.1) is 0 Å². The first-order valence-electron chi connectivity index (χ1n) is 10.2. The van der Waals surface area contributed by atoms with Crippen LogP contribution in [0.1, 0.15) is 49.1 Å². The normalized spacial score (nSPS) is 12.2. The van der Waals surface area contributed by atoms with Gasteiger partial charge in [0.25, 0.3) is 11.1 Å². The molecule has 2 heterocycles. The van der Waals surface area contributed by atoms with Crippen LogP contribution in [0.3, 0.4) is 0 Å².